The van der Waals surface area contributed by atoms with Gasteiger partial charge in [-0.2, -0.15) is 0 Å². The lowest BCUT2D eigenvalue weighted by molar-refractivity contribution is -0.144. The van der Waals surface area contributed by atoms with Crippen molar-refractivity contribution in [3.05, 3.63) is 287 Å². The quantitative estimate of drug-likeness (QED) is 0.0152. The molecule has 0 aliphatic carbocycles. The lowest BCUT2D eigenvalue weighted by Crippen LogP contribution is -2.50. The number of hydrogen-bond donors (Lipinski definition) is 6. The Morgan fingerprint density at radius 2 is 0.598 bits per heavy atom. The summed E-state index contributed by atoms with van der Waals surface area (Å²) < 4.78 is 19.0. The minimum Gasteiger partial charge on any atom is -0.467 e. The topological polar surface area (TPSA) is 246 Å². The van der Waals surface area contributed by atoms with Crippen molar-refractivity contribution in [2.24, 2.45) is 0 Å². The maximum atomic E-state index is 13.0. The number of esters is 2. The van der Waals surface area contributed by atoms with Crippen LogP contribution >= 0.6 is 23.5 Å². The first-order valence-electron chi connectivity index (χ1n) is 29.5. The molecule has 0 radical (unpaired) electrons. The molecule has 8 aromatic carbocycles. The summed E-state index contributed by atoms with van der Waals surface area (Å²) in [7, 11) is 2.52. The lowest BCUT2D eigenvalue weighted by atomic mass is 9.84. The Labute approximate surface area is 544 Å². The minimum absolute atomic E-state index is 0.0520. The van der Waals surface area contributed by atoms with E-state index < -0.39 is 94.5 Å². The van der Waals surface area contributed by atoms with E-state index in [1.165, 1.54) is 51.6 Å². The van der Waals surface area contributed by atoms with Gasteiger partial charge in [-0.05, 0) is 58.4 Å². The number of alkyl carbamates (subject to hydrolysis) is 2. The summed E-state index contributed by atoms with van der Waals surface area (Å²) in [4.78, 5) is 101. The van der Waals surface area contributed by atoms with Crippen LogP contribution < -0.4 is 31.9 Å². The Morgan fingerprint density at radius 1 is 0.359 bits per heavy atom. The molecule has 0 saturated heterocycles. The first kappa shape index (κ1) is 69.3. The van der Waals surface area contributed by atoms with Gasteiger partial charge in [-0.1, -0.05) is 243 Å². The molecule has 0 aliphatic heterocycles. The van der Waals surface area contributed by atoms with Crippen LogP contribution in [0, 0.1) is 0 Å². The second kappa shape index (κ2) is 35.9. The standard InChI is InChI=1S/2C36H37N3O6S/c2*1-26(38-35(43)45-24-27-15-7-3-8-16-27)33(41)37-23-32(40)39-31(34(42)44-2)25-46-36(28-17-9-4-10-18-28,29-19-11-5-12-20-29)30-21-13-6-14-22-30/h2*3-22,26,31H,23-25H2,1-2H3,(H,37,41)(H,38,43)(H,39,40)/t2*26-,31-/m00/s1. The van der Waals surface area contributed by atoms with Crippen LogP contribution in [0.25, 0.3) is 0 Å². The largest absolute Gasteiger partial charge is 0.467 e. The molecule has 0 aromatic heterocycles. The summed E-state index contributed by atoms with van der Waals surface area (Å²) >= 11 is 2.99. The molecule has 0 fully saturated rings. The predicted octanol–water partition coefficient (Wildman–Crippen LogP) is 9.60. The van der Waals surface area contributed by atoms with Crippen LogP contribution in [0.1, 0.15) is 58.4 Å². The fraction of sp³-hybridized carbons (Fsp3) is 0.222. The molecule has 0 unspecified atom stereocenters. The van der Waals surface area contributed by atoms with Crippen LogP contribution in [-0.2, 0) is 70.4 Å². The number of carbonyl (C=O) groups excluding carboxylic acids is 8. The molecule has 18 nitrogen and oxygen atoms in total. The third kappa shape index (κ3) is 19.9. The molecule has 20 heteroatoms. The van der Waals surface area contributed by atoms with Crippen molar-refractivity contribution in [1.82, 2.24) is 31.9 Å². The third-order valence-corrected chi connectivity index (χ3v) is 17.7. The minimum atomic E-state index is -1.02. The van der Waals surface area contributed by atoms with Crippen molar-refractivity contribution in [1.29, 1.82) is 0 Å². The molecule has 0 saturated carbocycles. The Balaban J connectivity index is 0.000000261. The zero-order valence-electron chi connectivity index (χ0n) is 51.4. The van der Waals surface area contributed by atoms with Gasteiger partial charge in [0.1, 0.15) is 37.4 Å². The van der Waals surface area contributed by atoms with Gasteiger partial charge in [0.25, 0.3) is 0 Å². The molecule has 4 atom stereocenters. The van der Waals surface area contributed by atoms with Crippen molar-refractivity contribution in [2.75, 3.05) is 38.8 Å². The van der Waals surface area contributed by atoms with Gasteiger partial charge >= 0.3 is 24.1 Å². The van der Waals surface area contributed by atoms with E-state index >= 15 is 0 Å². The normalized spacial score (nSPS) is 12.2. The van der Waals surface area contributed by atoms with E-state index in [9.17, 15) is 38.4 Å². The van der Waals surface area contributed by atoms with Gasteiger partial charge in [0.05, 0.1) is 36.8 Å². The van der Waals surface area contributed by atoms with E-state index in [-0.39, 0.29) is 24.7 Å². The summed E-state index contributed by atoms with van der Waals surface area (Å²) in [6, 6.07) is 74.1. The SMILES string of the molecule is COC(=O)[C@H](CSC(c1ccccc1)(c1ccccc1)c1ccccc1)NC(=O)CNC(=O)[C@H](C)NC(=O)OCc1ccccc1.COC(=O)[C@H](CSC(c1ccccc1)(c1ccccc1)c1ccccc1)NC(=O)CNC(=O)[C@H](C)NC(=O)OCc1ccccc1. The number of ether oxygens (including phenoxy) is 4. The highest BCUT2D eigenvalue weighted by Crippen LogP contribution is 2.50. The van der Waals surface area contributed by atoms with Crippen LogP contribution in [0.15, 0.2) is 243 Å². The second-order valence-electron chi connectivity index (χ2n) is 20.8. The molecule has 92 heavy (non-hydrogen) atoms. The number of benzene rings is 8. The summed E-state index contributed by atoms with van der Waals surface area (Å²) in [5.41, 5.74) is 7.63. The van der Waals surface area contributed by atoms with E-state index in [1.54, 1.807) is 0 Å². The summed E-state index contributed by atoms with van der Waals surface area (Å²) in [6.07, 6.45) is -1.53. The number of amides is 6. The number of hydrogen-bond acceptors (Lipinski definition) is 14. The van der Waals surface area contributed by atoms with E-state index in [1.807, 2.05) is 243 Å². The second-order valence-corrected chi connectivity index (χ2v) is 23.2. The van der Waals surface area contributed by atoms with Gasteiger partial charge in [0.2, 0.25) is 23.6 Å². The molecular weight excluding hydrogens is 1200 g/mol. The monoisotopic (exact) mass is 1280 g/mol. The fourth-order valence-electron chi connectivity index (χ4n) is 9.72. The van der Waals surface area contributed by atoms with Crippen molar-refractivity contribution in [3.8, 4) is 0 Å². The Morgan fingerprint density at radius 3 is 0.837 bits per heavy atom. The number of nitrogens with one attached hydrogen (secondary N) is 6. The summed E-state index contributed by atoms with van der Waals surface area (Å²) in [5.74, 6) is -3.27. The third-order valence-electron chi connectivity index (χ3n) is 14.4. The van der Waals surface area contributed by atoms with Crippen LogP contribution in [0.4, 0.5) is 9.59 Å². The molecular formula is C72H74N6O12S2. The predicted molar refractivity (Wildman–Crippen MR) is 356 cm³/mol. The summed E-state index contributed by atoms with van der Waals surface area (Å²) in [6.45, 7) is 2.22. The maximum Gasteiger partial charge on any atom is 0.408 e. The molecule has 6 N–H and O–H groups in total. The molecule has 0 bridgehead atoms. The highest BCUT2D eigenvalue weighted by atomic mass is 32.2. The molecule has 8 aromatic rings. The average molecular weight is 1280 g/mol. The fourth-order valence-corrected chi connectivity index (χ4v) is 12.8. The summed E-state index contributed by atoms with van der Waals surface area (Å²) in [5, 5.41) is 15.3. The van der Waals surface area contributed by atoms with Crippen LogP contribution in [0.5, 0.6) is 0 Å². The molecule has 6 amide bonds. The highest BCUT2D eigenvalue weighted by Gasteiger charge is 2.40. The van der Waals surface area contributed by atoms with Crippen molar-refractivity contribution in [3.63, 3.8) is 0 Å². The van der Waals surface area contributed by atoms with Gasteiger partial charge in [0, 0.05) is 11.5 Å². The highest BCUT2D eigenvalue weighted by molar-refractivity contribution is 8.01. The van der Waals surface area contributed by atoms with Gasteiger partial charge < -0.3 is 50.8 Å². The number of methoxy groups -OCH3 is 2. The van der Waals surface area contributed by atoms with Crippen LogP contribution in [0.3, 0.4) is 0 Å². The van der Waals surface area contributed by atoms with Gasteiger partial charge in [0.15, 0.2) is 0 Å². The zero-order valence-corrected chi connectivity index (χ0v) is 53.0. The van der Waals surface area contributed by atoms with Crippen molar-refractivity contribution >= 4 is 71.3 Å². The molecule has 0 heterocycles. The first-order valence-corrected chi connectivity index (χ1v) is 31.5. The van der Waals surface area contributed by atoms with E-state index in [2.05, 4.69) is 31.9 Å². The molecule has 476 valence electrons. The lowest BCUT2D eigenvalue weighted by Gasteiger charge is -2.36. The van der Waals surface area contributed by atoms with Gasteiger partial charge in [-0.15, -0.1) is 23.5 Å². The van der Waals surface area contributed by atoms with Crippen LogP contribution in [-0.4, -0.2) is 111 Å². The van der Waals surface area contributed by atoms with Gasteiger partial charge in [-0.25, -0.2) is 19.2 Å². The molecule has 0 aliphatic rings. The van der Waals surface area contributed by atoms with E-state index in [0.717, 1.165) is 44.5 Å². The maximum absolute atomic E-state index is 13.0. The number of rotatable bonds is 28. The van der Waals surface area contributed by atoms with Crippen LogP contribution in [0.2, 0.25) is 0 Å². The van der Waals surface area contributed by atoms with Crippen molar-refractivity contribution in [2.45, 2.75) is 60.7 Å². The Hall–Kier alpha value is -10.2. The molecule has 0 spiro atoms. The molecule has 8 rings (SSSR count). The smallest absolute Gasteiger partial charge is 0.408 e. The Bertz CT molecular complexity index is 3190. The average Bonchev–Trinajstić information content (AvgIpc) is 0.788. The van der Waals surface area contributed by atoms with Crippen molar-refractivity contribution < 1.29 is 57.3 Å². The van der Waals surface area contributed by atoms with E-state index in [0.29, 0.717) is 0 Å². The number of thioether (sulfide) groups is 2. The van der Waals surface area contributed by atoms with Gasteiger partial charge in [-0.3, -0.25) is 19.2 Å². The van der Waals surface area contributed by atoms with E-state index in [4.69, 9.17) is 18.9 Å². The number of carbonyl (C=O) groups is 8. The Kier molecular flexibility index (Phi) is 27.0. The zero-order chi connectivity index (χ0) is 65.6. The first-order chi connectivity index (χ1) is 44.7.